The van der Waals surface area contributed by atoms with Gasteiger partial charge in [0.1, 0.15) is 16.9 Å². The molecule has 0 saturated heterocycles. The Kier molecular flexibility index (Phi) is 2.65. The summed E-state index contributed by atoms with van der Waals surface area (Å²) in [5.41, 5.74) is 2.24. The van der Waals surface area contributed by atoms with Crippen LogP contribution < -0.4 is 11.0 Å². The zero-order chi connectivity index (χ0) is 11.7. The molecule has 1 N–H and O–H groups in total. The lowest BCUT2D eigenvalue weighted by molar-refractivity contribution is -0.113. The molecule has 1 aromatic rings. The summed E-state index contributed by atoms with van der Waals surface area (Å²) in [6, 6.07) is 0. The van der Waals surface area contributed by atoms with Crippen LogP contribution in [0, 0.1) is 6.92 Å². The Morgan fingerprint density at radius 2 is 2.19 bits per heavy atom. The summed E-state index contributed by atoms with van der Waals surface area (Å²) in [6.45, 7) is 1.53. The molecule has 0 aromatic carbocycles. The summed E-state index contributed by atoms with van der Waals surface area (Å²) >= 11 is 1.03. The molecule has 0 bridgehead atoms. The number of fused-ring (bicyclic) bond motifs is 1. The Bertz CT molecular complexity index is 537. The summed E-state index contributed by atoms with van der Waals surface area (Å²) in [4.78, 5) is 23.4. The van der Waals surface area contributed by atoms with Crippen LogP contribution >= 0.6 is 11.8 Å². The number of nitrogens with one attached hydrogen (secondary N) is 1. The van der Waals surface area contributed by atoms with Gasteiger partial charge in [-0.3, -0.25) is 15.0 Å². The molecule has 2 heterocycles. The van der Waals surface area contributed by atoms with Gasteiger partial charge in [0.15, 0.2) is 0 Å². The Labute approximate surface area is 94.5 Å². The van der Waals surface area contributed by atoms with Crippen molar-refractivity contribution in [3.63, 3.8) is 0 Å². The number of hydrogen-bond acceptors (Lipinski definition) is 6. The molecule has 0 atom stereocenters. The van der Waals surface area contributed by atoms with Crippen LogP contribution in [0.1, 0.15) is 5.69 Å². The van der Waals surface area contributed by atoms with Gasteiger partial charge in [0.25, 0.3) is 11.5 Å². The summed E-state index contributed by atoms with van der Waals surface area (Å²) in [5.74, 6) is -0.408. The number of methoxy groups -OCH3 is 1. The predicted molar refractivity (Wildman–Crippen MR) is 56.3 cm³/mol. The van der Waals surface area contributed by atoms with Gasteiger partial charge in [0.05, 0.1) is 7.11 Å². The van der Waals surface area contributed by atoms with Gasteiger partial charge in [-0.15, -0.1) is 10.2 Å². The van der Waals surface area contributed by atoms with Crippen molar-refractivity contribution in [3.05, 3.63) is 27.2 Å². The lowest BCUT2D eigenvalue weighted by Gasteiger charge is -2.18. The maximum Gasteiger partial charge on any atom is 0.294 e. The van der Waals surface area contributed by atoms with Crippen molar-refractivity contribution in [1.29, 1.82) is 0 Å². The van der Waals surface area contributed by atoms with Gasteiger partial charge in [0, 0.05) is 0 Å². The first-order chi connectivity index (χ1) is 7.63. The van der Waals surface area contributed by atoms with Crippen LogP contribution in [0.2, 0.25) is 0 Å². The maximum absolute atomic E-state index is 11.6. The second kappa shape index (κ2) is 3.97. The Balaban J connectivity index is 2.51. The highest BCUT2D eigenvalue weighted by Gasteiger charge is 2.24. The van der Waals surface area contributed by atoms with Crippen LogP contribution in [0.5, 0.6) is 0 Å². The molecule has 8 heteroatoms. The van der Waals surface area contributed by atoms with E-state index in [1.165, 1.54) is 20.3 Å². The number of thioether (sulfide) groups is 1. The molecule has 0 fully saturated rings. The molecule has 1 amide bonds. The fourth-order valence-electron chi connectivity index (χ4n) is 1.10. The Morgan fingerprint density at radius 3 is 2.88 bits per heavy atom. The number of rotatable bonds is 1. The molecular formula is C8H8N4O3S. The molecular weight excluding hydrogens is 232 g/mol. The molecule has 0 spiro atoms. The number of amides is 1. The van der Waals surface area contributed by atoms with Crippen molar-refractivity contribution >= 4 is 17.7 Å². The molecule has 16 heavy (non-hydrogen) atoms. The van der Waals surface area contributed by atoms with Crippen LogP contribution in [-0.4, -0.2) is 27.9 Å². The smallest absolute Gasteiger partial charge is 0.294 e. The van der Waals surface area contributed by atoms with Crippen molar-refractivity contribution in [2.75, 3.05) is 12.5 Å². The van der Waals surface area contributed by atoms with E-state index in [-0.39, 0.29) is 11.3 Å². The normalized spacial score (nSPS) is 16.9. The third-order valence-electron chi connectivity index (χ3n) is 1.85. The second-order valence-electron chi connectivity index (χ2n) is 2.97. The topological polar surface area (TPSA) is 86.1 Å². The van der Waals surface area contributed by atoms with E-state index in [0.29, 0.717) is 10.1 Å². The van der Waals surface area contributed by atoms with E-state index in [2.05, 4.69) is 15.6 Å². The molecule has 0 saturated carbocycles. The number of carbonyl (C=O) groups excluding carboxylic acids is 1. The molecule has 0 radical (unpaired) electrons. The quantitative estimate of drug-likeness (QED) is 0.531. The highest BCUT2D eigenvalue weighted by molar-refractivity contribution is 8.04. The van der Waals surface area contributed by atoms with Crippen LogP contribution in [0.3, 0.4) is 0 Å². The number of carbonyl (C=O) groups is 1. The van der Waals surface area contributed by atoms with Crippen molar-refractivity contribution in [3.8, 4) is 0 Å². The summed E-state index contributed by atoms with van der Waals surface area (Å²) in [6.07, 6.45) is 1.29. The number of nitrogens with zero attached hydrogens (tertiary/aromatic N) is 3. The average molecular weight is 240 g/mol. The molecule has 84 valence electrons. The van der Waals surface area contributed by atoms with Gasteiger partial charge in [-0.25, -0.2) is 0 Å². The van der Waals surface area contributed by atoms with E-state index in [1.54, 1.807) is 0 Å². The third kappa shape index (κ3) is 1.67. The van der Waals surface area contributed by atoms with Crippen LogP contribution in [0.4, 0.5) is 0 Å². The van der Waals surface area contributed by atoms with E-state index in [0.717, 1.165) is 16.4 Å². The lowest BCUT2D eigenvalue weighted by atomic mass is 10.5. The van der Waals surface area contributed by atoms with Gasteiger partial charge in [-0.2, -0.15) is 4.68 Å². The molecule has 7 nitrogen and oxygen atoms in total. The number of aromatic nitrogens is 3. The molecule has 1 aliphatic heterocycles. The first-order valence-electron chi connectivity index (χ1n) is 4.32. The summed E-state index contributed by atoms with van der Waals surface area (Å²) in [5, 5.41) is 7.80. The fraction of sp³-hybridized carbons (Fsp3) is 0.250. The second-order valence-corrected chi connectivity index (χ2v) is 3.98. The van der Waals surface area contributed by atoms with E-state index in [1.807, 2.05) is 0 Å². The maximum atomic E-state index is 11.6. The van der Waals surface area contributed by atoms with Gasteiger partial charge < -0.3 is 4.74 Å². The van der Waals surface area contributed by atoms with Gasteiger partial charge in [-0.05, 0) is 18.7 Å². The first kappa shape index (κ1) is 10.7. The SMILES string of the molecule is CO/C=C1/Sc2nnc(C)c(=O)n2NC1=O. The monoisotopic (exact) mass is 240 g/mol. The summed E-state index contributed by atoms with van der Waals surface area (Å²) in [7, 11) is 1.43. The first-order valence-corrected chi connectivity index (χ1v) is 5.13. The van der Waals surface area contributed by atoms with Crippen LogP contribution in [0.25, 0.3) is 0 Å². The van der Waals surface area contributed by atoms with Crippen molar-refractivity contribution in [2.45, 2.75) is 12.1 Å². The minimum atomic E-state index is -0.408. The average Bonchev–Trinajstić information content (AvgIpc) is 2.26. The van der Waals surface area contributed by atoms with E-state index in [4.69, 9.17) is 4.74 Å². The van der Waals surface area contributed by atoms with E-state index < -0.39 is 5.91 Å². The fourth-order valence-corrected chi connectivity index (χ4v) is 1.89. The van der Waals surface area contributed by atoms with Crippen LogP contribution in [0.15, 0.2) is 21.1 Å². The molecule has 2 rings (SSSR count). The minimum absolute atomic E-state index is 0.226. The van der Waals surface area contributed by atoms with Crippen molar-refractivity contribution in [2.24, 2.45) is 0 Å². The molecule has 1 aromatic heterocycles. The largest absolute Gasteiger partial charge is 0.503 e. The zero-order valence-electron chi connectivity index (χ0n) is 8.55. The van der Waals surface area contributed by atoms with Crippen molar-refractivity contribution in [1.82, 2.24) is 14.9 Å². The van der Waals surface area contributed by atoms with Crippen molar-refractivity contribution < 1.29 is 9.53 Å². The number of ether oxygens (including phenoxy) is 1. The van der Waals surface area contributed by atoms with Gasteiger partial charge >= 0.3 is 0 Å². The third-order valence-corrected chi connectivity index (χ3v) is 2.80. The minimum Gasteiger partial charge on any atom is -0.503 e. The lowest BCUT2D eigenvalue weighted by Crippen LogP contribution is -2.39. The van der Waals surface area contributed by atoms with E-state index >= 15 is 0 Å². The van der Waals surface area contributed by atoms with E-state index in [9.17, 15) is 9.59 Å². The van der Waals surface area contributed by atoms with Gasteiger partial charge in [-0.1, -0.05) is 0 Å². The summed E-state index contributed by atoms with van der Waals surface area (Å²) < 4.78 is 5.81. The number of hydrogen-bond donors (Lipinski definition) is 1. The molecule has 0 unspecified atom stereocenters. The zero-order valence-corrected chi connectivity index (χ0v) is 9.37. The Morgan fingerprint density at radius 1 is 1.44 bits per heavy atom. The van der Waals surface area contributed by atoms with Gasteiger partial charge in [0.2, 0.25) is 5.16 Å². The standard InChI is InChI=1S/C8H8N4O3S/c1-4-7(14)12-8(10-9-4)16-5(3-15-2)6(13)11-12/h3H,1-2H3,(H,11,13)/b5-3+. The highest BCUT2D eigenvalue weighted by Crippen LogP contribution is 2.26. The molecule has 0 aliphatic carbocycles. The molecule has 1 aliphatic rings. The predicted octanol–water partition coefficient (Wildman–Crippen LogP) is -0.390. The highest BCUT2D eigenvalue weighted by atomic mass is 32.2. The number of aryl methyl sites for hydroxylation is 1. The Hall–Kier alpha value is -1.83. The van der Waals surface area contributed by atoms with Crippen LogP contribution in [-0.2, 0) is 9.53 Å².